The van der Waals surface area contributed by atoms with Crippen molar-refractivity contribution in [2.24, 2.45) is 5.73 Å². The van der Waals surface area contributed by atoms with Gasteiger partial charge in [0, 0.05) is 18.1 Å². The molecule has 0 saturated heterocycles. The maximum atomic E-state index is 14.2. The van der Waals surface area contributed by atoms with Gasteiger partial charge in [-0.2, -0.15) is 0 Å². The number of aromatic hydroxyl groups is 1. The van der Waals surface area contributed by atoms with Crippen molar-refractivity contribution in [2.75, 3.05) is 0 Å². The first-order valence-electron chi connectivity index (χ1n) is 12.1. The van der Waals surface area contributed by atoms with Gasteiger partial charge in [0.1, 0.15) is 5.75 Å². The molecule has 0 aliphatic heterocycles. The summed E-state index contributed by atoms with van der Waals surface area (Å²) in [5.74, 6) is -1.86. The number of phenols is 1. The Morgan fingerprint density at radius 2 is 1.32 bits per heavy atom. The van der Waals surface area contributed by atoms with Gasteiger partial charge in [-0.3, -0.25) is 24.6 Å². The fraction of sp³-hybridized carbons (Fsp3) is 0.133. The van der Waals surface area contributed by atoms with E-state index >= 15 is 0 Å². The Morgan fingerprint density at radius 1 is 0.789 bits per heavy atom. The van der Waals surface area contributed by atoms with Gasteiger partial charge >= 0.3 is 0 Å². The molecule has 0 bridgehead atoms. The van der Waals surface area contributed by atoms with Gasteiger partial charge in [-0.1, -0.05) is 91.0 Å². The largest absolute Gasteiger partial charge is 0.508 e. The van der Waals surface area contributed by atoms with Gasteiger partial charge in [-0.05, 0) is 28.8 Å². The average Bonchev–Trinajstić information content (AvgIpc) is 2.94. The van der Waals surface area contributed by atoms with Crippen LogP contribution in [0, 0.1) is 10.1 Å². The van der Waals surface area contributed by atoms with Gasteiger partial charge in [0.2, 0.25) is 11.8 Å². The molecule has 8 heteroatoms. The molecule has 0 aliphatic rings. The molecule has 1 unspecified atom stereocenters. The first-order valence-corrected chi connectivity index (χ1v) is 12.1. The van der Waals surface area contributed by atoms with E-state index in [9.17, 15) is 24.8 Å². The minimum Gasteiger partial charge on any atom is -0.508 e. The van der Waals surface area contributed by atoms with Crippen LogP contribution in [-0.4, -0.2) is 32.8 Å². The molecule has 0 aromatic heterocycles. The molecular weight excluding hydrogens is 482 g/mol. The fourth-order valence-electron chi connectivity index (χ4n) is 4.36. The van der Waals surface area contributed by atoms with E-state index in [0.29, 0.717) is 22.3 Å². The molecule has 3 N–H and O–H groups in total. The summed E-state index contributed by atoms with van der Waals surface area (Å²) in [4.78, 5) is 40.0. The van der Waals surface area contributed by atoms with Crippen molar-refractivity contribution in [2.45, 2.75) is 24.9 Å². The Labute approximate surface area is 220 Å². The van der Waals surface area contributed by atoms with Crippen LogP contribution in [0.1, 0.15) is 28.2 Å². The Morgan fingerprint density at radius 3 is 1.87 bits per heavy atom. The SMILES string of the molecule is NC(Cc1ccccc1[N+](=O)[O-])C(=O)N(Cc1ccc(O)cc1)C(=O)C(c1ccccc1)c1ccccc1. The molecule has 1 atom stereocenters. The minimum atomic E-state index is -1.20. The van der Waals surface area contributed by atoms with E-state index in [1.807, 2.05) is 60.7 Å². The topological polar surface area (TPSA) is 127 Å². The second kappa shape index (κ2) is 11.9. The van der Waals surface area contributed by atoms with Gasteiger partial charge in [0.05, 0.1) is 23.4 Å². The third-order valence-electron chi connectivity index (χ3n) is 6.27. The molecule has 0 heterocycles. The molecule has 0 aliphatic carbocycles. The number of amides is 2. The van der Waals surface area contributed by atoms with Crippen molar-refractivity contribution in [3.8, 4) is 5.75 Å². The van der Waals surface area contributed by atoms with Crippen molar-refractivity contribution in [3.63, 3.8) is 0 Å². The van der Waals surface area contributed by atoms with Crippen LogP contribution in [0.4, 0.5) is 5.69 Å². The number of carbonyl (C=O) groups excluding carboxylic acids is 2. The molecule has 4 aromatic carbocycles. The van der Waals surface area contributed by atoms with E-state index in [1.165, 1.54) is 18.2 Å². The highest BCUT2D eigenvalue weighted by Gasteiger charge is 2.34. The van der Waals surface area contributed by atoms with Crippen LogP contribution in [0.2, 0.25) is 0 Å². The third kappa shape index (κ3) is 6.11. The fourth-order valence-corrected chi connectivity index (χ4v) is 4.36. The molecule has 0 spiro atoms. The summed E-state index contributed by atoms with van der Waals surface area (Å²) in [6.07, 6.45) is -0.114. The molecule has 0 fully saturated rings. The van der Waals surface area contributed by atoms with Crippen molar-refractivity contribution in [3.05, 3.63) is 142 Å². The highest BCUT2D eigenvalue weighted by Crippen LogP contribution is 2.29. The maximum absolute atomic E-state index is 14.2. The van der Waals surface area contributed by atoms with Crippen LogP contribution in [0.3, 0.4) is 0 Å². The second-order valence-corrected chi connectivity index (χ2v) is 8.88. The quantitative estimate of drug-likeness (QED) is 0.252. The number of hydrogen-bond acceptors (Lipinski definition) is 6. The van der Waals surface area contributed by atoms with E-state index in [-0.39, 0.29) is 24.4 Å². The molecule has 38 heavy (non-hydrogen) atoms. The number of phenolic OH excluding ortho intramolecular Hbond substituents is 1. The van der Waals surface area contributed by atoms with E-state index in [1.54, 1.807) is 30.3 Å². The van der Waals surface area contributed by atoms with Gasteiger partial charge in [0.15, 0.2) is 0 Å². The van der Waals surface area contributed by atoms with Crippen LogP contribution in [0.15, 0.2) is 109 Å². The number of carbonyl (C=O) groups is 2. The van der Waals surface area contributed by atoms with Crippen LogP contribution in [0.25, 0.3) is 0 Å². The Bertz CT molecular complexity index is 1370. The number of para-hydroxylation sites is 1. The predicted octanol–water partition coefficient (Wildman–Crippen LogP) is 4.56. The normalized spacial score (nSPS) is 11.6. The lowest BCUT2D eigenvalue weighted by atomic mass is 9.89. The first-order chi connectivity index (χ1) is 18.3. The number of nitro groups is 1. The number of nitro benzene ring substituents is 1. The first kappa shape index (κ1) is 26.2. The Kier molecular flexibility index (Phi) is 8.25. The molecule has 2 amide bonds. The lowest BCUT2D eigenvalue weighted by Gasteiger charge is -2.29. The number of nitrogens with zero attached hydrogens (tertiary/aromatic N) is 2. The summed E-state index contributed by atoms with van der Waals surface area (Å²) >= 11 is 0. The van der Waals surface area contributed by atoms with Gasteiger partial charge < -0.3 is 10.8 Å². The lowest BCUT2D eigenvalue weighted by Crippen LogP contribution is -2.49. The zero-order chi connectivity index (χ0) is 27.1. The zero-order valence-electron chi connectivity index (χ0n) is 20.5. The predicted molar refractivity (Wildman–Crippen MR) is 143 cm³/mol. The van der Waals surface area contributed by atoms with E-state index in [4.69, 9.17) is 5.73 Å². The summed E-state index contributed by atoms with van der Waals surface area (Å²) < 4.78 is 0. The molecule has 0 saturated carbocycles. The van der Waals surface area contributed by atoms with Crippen LogP contribution < -0.4 is 5.73 Å². The van der Waals surface area contributed by atoms with Crippen LogP contribution >= 0.6 is 0 Å². The van der Waals surface area contributed by atoms with Crippen LogP contribution in [0.5, 0.6) is 5.75 Å². The van der Waals surface area contributed by atoms with Crippen molar-refractivity contribution in [1.29, 1.82) is 0 Å². The zero-order valence-corrected chi connectivity index (χ0v) is 20.5. The van der Waals surface area contributed by atoms with Crippen LogP contribution in [-0.2, 0) is 22.6 Å². The third-order valence-corrected chi connectivity index (χ3v) is 6.27. The Hall–Kier alpha value is -4.82. The van der Waals surface area contributed by atoms with Gasteiger partial charge in [-0.25, -0.2) is 0 Å². The lowest BCUT2D eigenvalue weighted by molar-refractivity contribution is -0.385. The number of benzene rings is 4. The average molecular weight is 510 g/mol. The molecular formula is C30H27N3O5. The van der Waals surface area contributed by atoms with Crippen molar-refractivity contribution < 1.29 is 19.6 Å². The highest BCUT2D eigenvalue weighted by molar-refractivity contribution is 6.02. The van der Waals surface area contributed by atoms with Gasteiger partial charge in [-0.15, -0.1) is 0 Å². The van der Waals surface area contributed by atoms with Crippen molar-refractivity contribution in [1.82, 2.24) is 4.90 Å². The smallest absolute Gasteiger partial charge is 0.272 e. The summed E-state index contributed by atoms with van der Waals surface area (Å²) in [6, 6.07) is 29.4. The van der Waals surface area contributed by atoms with E-state index in [0.717, 1.165) is 4.90 Å². The molecule has 192 valence electrons. The Balaban J connectivity index is 1.72. The maximum Gasteiger partial charge on any atom is 0.272 e. The van der Waals surface area contributed by atoms with Gasteiger partial charge in [0.25, 0.3) is 5.69 Å². The monoisotopic (exact) mass is 509 g/mol. The van der Waals surface area contributed by atoms with Crippen molar-refractivity contribution >= 4 is 17.5 Å². The number of rotatable bonds is 9. The standard InChI is InChI=1S/C30H27N3O5/c31-26(19-24-13-7-8-14-27(24)33(37)38)29(35)32(20-21-15-17-25(34)18-16-21)30(36)28(22-9-3-1-4-10-22)23-11-5-2-6-12-23/h1-18,26,28,34H,19-20,31H2. The summed E-state index contributed by atoms with van der Waals surface area (Å²) in [5, 5.41) is 21.2. The minimum absolute atomic E-state index is 0.0532. The molecule has 4 rings (SSSR count). The second-order valence-electron chi connectivity index (χ2n) is 8.88. The molecule has 0 radical (unpaired) electrons. The van der Waals surface area contributed by atoms with E-state index in [2.05, 4.69) is 0 Å². The number of hydrogen-bond donors (Lipinski definition) is 2. The molecule has 8 nitrogen and oxygen atoms in total. The summed E-state index contributed by atoms with van der Waals surface area (Å²) in [6.45, 7) is -0.0846. The summed E-state index contributed by atoms with van der Waals surface area (Å²) in [5.41, 5.74) is 8.50. The molecule has 4 aromatic rings. The highest BCUT2D eigenvalue weighted by atomic mass is 16.6. The number of nitrogens with two attached hydrogens (primary N) is 1. The summed E-state index contributed by atoms with van der Waals surface area (Å²) in [7, 11) is 0. The van der Waals surface area contributed by atoms with E-state index < -0.39 is 28.7 Å². The number of imide groups is 1.